The minimum atomic E-state index is -0.214. The number of aliphatic imine (C=N–C) groups is 1. The van der Waals surface area contributed by atoms with Crippen molar-refractivity contribution in [1.82, 2.24) is 15.5 Å². The summed E-state index contributed by atoms with van der Waals surface area (Å²) in [6, 6.07) is 8.73. The second kappa shape index (κ2) is 11.9. The van der Waals surface area contributed by atoms with E-state index in [-0.39, 0.29) is 30.1 Å². The lowest BCUT2D eigenvalue weighted by Crippen LogP contribution is -2.49. The van der Waals surface area contributed by atoms with E-state index in [4.69, 9.17) is 4.74 Å². The van der Waals surface area contributed by atoms with Crippen LogP contribution in [0.2, 0.25) is 0 Å². The lowest BCUT2D eigenvalue weighted by Gasteiger charge is -2.32. The van der Waals surface area contributed by atoms with Crippen LogP contribution >= 0.6 is 24.0 Å². The normalized spacial score (nSPS) is 15.0. The first-order chi connectivity index (χ1) is 12.5. The second-order valence-corrected chi connectivity index (χ2v) is 6.59. The van der Waals surface area contributed by atoms with Crippen LogP contribution < -0.4 is 15.5 Å². The number of nitrogens with zero attached hydrogens (tertiary/aromatic N) is 3. The Kier molecular flexibility index (Phi) is 10.3. The van der Waals surface area contributed by atoms with Gasteiger partial charge in [-0.05, 0) is 37.5 Å². The molecule has 1 amide bonds. The number of likely N-dealkylation sites (tertiary alicyclic amines) is 1. The molecule has 2 rings (SSSR count). The maximum atomic E-state index is 11.8. The van der Waals surface area contributed by atoms with E-state index in [1.54, 1.807) is 11.9 Å². The molecule has 0 unspecified atom stereocenters. The molecule has 0 aliphatic carbocycles. The van der Waals surface area contributed by atoms with Crippen LogP contribution in [-0.2, 0) is 11.3 Å². The predicted octanol–water partition coefficient (Wildman–Crippen LogP) is 2.66. The van der Waals surface area contributed by atoms with Crippen molar-refractivity contribution in [3.63, 3.8) is 0 Å². The molecule has 0 bridgehead atoms. The molecule has 1 aliphatic heterocycles. The number of halogens is 1. The molecular weight excluding hydrogens is 457 g/mol. The van der Waals surface area contributed by atoms with Crippen LogP contribution in [0.25, 0.3) is 0 Å². The molecule has 1 fully saturated rings. The fourth-order valence-electron chi connectivity index (χ4n) is 2.94. The molecule has 2 N–H and O–H groups in total. The number of anilines is 1. The molecule has 27 heavy (non-hydrogen) atoms. The van der Waals surface area contributed by atoms with E-state index in [1.807, 2.05) is 21.0 Å². The third-order valence-electron chi connectivity index (χ3n) is 4.47. The van der Waals surface area contributed by atoms with Gasteiger partial charge in [0.1, 0.15) is 0 Å². The lowest BCUT2D eigenvalue weighted by atomic mass is 10.1. The third kappa shape index (κ3) is 7.43. The van der Waals surface area contributed by atoms with Gasteiger partial charge >= 0.3 is 6.09 Å². The first kappa shape index (κ1) is 23.3. The van der Waals surface area contributed by atoms with Crippen LogP contribution in [0.5, 0.6) is 0 Å². The first-order valence-corrected chi connectivity index (χ1v) is 9.18. The number of carbonyl (C=O) groups is 1. The van der Waals surface area contributed by atoms with Crippen LogP contribution in [-0.4, -0.2) is 63.8 Å². The Morgan fingerprint density at radius 1 is 1.33 bits per heavy atom. The summed E-state index contributed by atoms with van der Waals surface area (Å²) in [5, 5.41) is 6.82. The number of hydrogen-bond acceptors (Lipinski definition) is 4. The van der Waals surface area contributed by atoms with Gasteiger partial charge in [-0.3, -0.25) is 4.99 Å². The number of rotatable bonds is 5. The fourth-order valence-corrected chi connectivity index (χ4v) is 2.94. The van der Waals surface area contributed by atoms with E-state index >= 15 is 0 Å². The van der Waals surface area contributed by atoms with E-state index in [1.165, 1.54) is 11.3 Å². The molecule has 1 aromatic carbocycles. The summed E-state index contributed by atoms with van der Waals surface area (Å²) < 4.78 is 5.06. The van der Waals surface area contributed by atoms with Crippen LogP contribution in [0.3, 0.4) is 0 Å². The molecule has 0 atom stereocenters. The Bertz CT molecular complexity index is 616. The highest BCUT2D eigenvalue weighted by Crippen LogP contribution is 2.14. The van der Waals surface area contributed by atoms with E-state index in [0.717, 1.165) is 18.8 Å². The summed E-state index contributed by atoms with van der Waals surface area (Å²) in [7, 11) is 5.85. The van der Waals surface area contributed by atoms with Gasteiger partial charge in [-0.25, -0.2) is 4.79 Å². The molecule has 0 saturated carbocycles. The van der Waals surface area contributed by atoms with Crippen LogP contribution in [0.15, 0.2) is 29.3 Å². The highest BCUT2D eigenvalue weighted by Gasteiger charge is 2.23. The number of guanidine groups is 1. The van der Waals surface area contributed by atoms with Crippen molar-refractivity contribution in [2.75, 3.05) is 45.7 Å². The van der Waals surface area contributed by atoms with E-state index in [9.17, 15) is 4.79 Å². The van der Waals surface area contributed by atoms with E-state index in [0.29, 0.717) is 32.3 Å². The number of ether oxygens (including phenoxy) is 1. The molecule has 1 aliphatic rings. The van der Waals surface area contributed by atoms with Crippen LogP contribution in [0, 0.1) is 0 Å². The Morgan fingerprint density at radius 3 is 2.63 bits per heavy atom. The summed E-state index contributed by atoms with van der Waals surface area (Å²) in [5.41, 5.74) is 2.38. The van der Waals surface area contributed by atoms with Crippen molar-refractivity contribution in [3.05, 3.63) is 29.8 Å². The molecule has 8 heteroatoms. The standard InChI is InChI=1S/C19H31N5O2.HI/c1-5-26-19(25)24-11-9-16(10-12-24)22-18(20-2)21-14-15-7-6-8-17(13-15)23(3)4;/h6-8,13,16H,5,9-12,14H2,1-4H3,(H2,20,21,22);1H. The quantitative estimate of drug-likeness (QED) is 0.378. The third-order valence-corrected chi connectivity index (χ3v) is 4.47. The summed E-state index contributed by atoms with van der Waals surface area (Å²) in [6.45, 7) is 4.37. The van der Waals surface area contributed by atoms with Gasteiger partial charge in [-0.15, -0.1) is 24.0 Å². The average Bonchev–Trinajstić information content (AvgIpc) is 2.66. The smallest absolute Gasteiger partial charge is 0.409 e. The number of benzene rings is 1. The Balaban J connectivity index is 0.00000364. The maximum absolute atomic E-state index is 11.8. The summed E-state index contributed by atoms with van der Waals surface area (Å²) in [6.07, 6.45) is 1.56. The minimum absolute atomic E-state index is 0. The van der Waals surface area contributed by atoms with E-state index in [2.05, 4.69) is 44.8 Å². The average molecular weight is 489 g/mol. The van der Waals surface area contributed by atoms with Gasteiger partial charge in [0.15, 0.2) is 5.96 Å². The molecule has 1 heterocycles. The minimum Gasteiger partial charge on any atom is -0.450 e. The van der Waals surface area contributed by atoms with Crippen LogP contribution in [0.1, 0.15) is 25.3 Å². The monoisotopic (exact) mass is 489 g/mol. The van der Waals surface area contributed by atoms with Crippen molar-refractivity contribution in [2.45, 2.75) is 32.4 Å². The molecular formula is C19H32IN5O2. The van der Waals surface area contributed by atoms with Gasteiger partial charge in [-0.2, -0.15) is 0 Å². The van der Waals surface area contributed by atoms with Crippen molar-refractivity contribution in [2.24, 2.45) is 4.99 Å². The molecule has 0 radical (unpaired) electrons. The van der Waals surface area contributed by atoms with Gasteiger partial charge in [0.05, 0.1) is 6.61 Å². The van der Waals surface area contributed by atoms with Gasteiger partial charge in [0.25, 0.3) is 0 Å². The van der Waals surface area contributed by atoms with Crippen molar-refractivity contribution in [3.8, 4) is 0 Å². The second-order valence-electron chi connectivity index (χ2n) is 6.59. The molecule has 0 spiro atoms. The van der Waals surface area contributed by atoms with Gasteiger partial charge in [0.2, 0.25) is 0 Å². The molecule has 0 aromatic heterocycles. The zero-order chi connectivity index (χ0) is 18.9. The largest absolute Gasteiger partial charge is 0.450 e. The summed E-state index contributed by atoms with van der Waals surface area (Å²) in [4.78, 5) is 19.9. The number of nitrogens with one attached hydrogen (secondary N) is 2. The van der Waals surface area contributed by atoms with Crippen LogP contribution in [0.4, 0.5) is 10.5 Å². The summed E-state index contributed by atoms with van der Waals surface area (Å²) in [5.74, 6) is 0.787. The maximum Gasteiger partial charge on any atom is 0.409 e. The van der Waals surface area contributed by atoms with E-state index < -0.39 is 0 Å². The highest BCUT2D eigenvalue weighted by atomic mass is 127. The van der Waals surface area contributed by atoms with Crippen molar-refractivity contribution < 1.29 is 9.53 Å². The number of amides is 1. The lowest BCUT2D eigenvalue weighted by molar-refractivity contribution is 0.0963. The molecule has 1 saturated heterocycles. The van der Waals surface area contributed by atoms with Gasteiger partial charge in [-0.1, -0.05) is 12.1 Å². The number of hydrogen-bond donors (Lipinski definition) is 2. The molecule has 7 nitrogen and oxygen atoms in total. The van der Waals surface area contributed by atoms with Gasteiger partial charge < -0.3 is 25.2 Å². The number of piperidine rings is 1. The Morgan fingerprint density at radius 2 is 2.04 bits per heavy atom. The topological polar surface area (TPSA) is 69.2 Å². The first-order valence-electron chi connectivity index (χ1n) is 9.18. The SMILES string of the molecule is CCOC(=O)N1CCC(NC(=NC)NCc2cccc(N(C)C)c2)CC1.I. The number of carbonyl (C=O) groups excluding carboxylic acids is 1. The van der Waals surface area contributed by atoms with Crippen molar-refractivity contribution in [1.29, 1.82) is 0 Å². The van der Waals surface area contributed by atoms with Crippen molar-refractivity contribution >= 4 is 41.7 Å². The predicted molar refractivity (Wildman–Crippen MR) is 121 cm³/mol. The molecule has 1 aromatic rings. The highest BCUT2D eigenvalue weighted by molar-refractivity contribution is 14.0. The fraction of sp³-hybridized carbons (Fsp3) is 0.579. The van der Waals surface area contributed by atoms with Gasteiger partial charge in [0, 0.05) is 52.5 Å². The summed E-state index contributed by atoms with van der Waals surface area (Å²) >= 11 is 0. The Hall–Kier alpha value is -1.71. The zero-order valence-corrected chi connectivity index (χ0v) is 19.0. The molecule has 152 valence electrons. The zero-order valence-electron chi connectivity index (χ0n) is 16.7. The Labute approximate surface area is 179 Å².